The maximum atomic E-state index is 13.2. The zero-order valence-electron chi connectivity index (χ0n) is 18.7. The lowest BCUT2D eigenvalue weighted by molar-refractivity contribution is -0.00576. The number of carbonyl (C=O) groups excluding carboxylic acids is 2. The molecule has 0 bridgehead atoms. The van der Waals surface area contributed by atoms with E-state index in [4.69, 9.17) is 4.74 Å². The molecule has 0 N–H and O–H groups in total. The van der Waals surface area contributed by atoms with E-state index >= 15 is 0 Å². The van der Waals surface area contributed by atoms with Gasteiger partial charge in [0.15, 0.2) is 5.78 Å². The Morgan fingerprint density at radius 2 is 1.72 bits per heavy atom. The standard InChI is InChI=1S/C26H27N3O3/c1-17-13-21-23(30)15-26(32-24(21)14-18(17)2)9-11-28(12-10-26)25(31)22-16-27-29(19(22)3)20-7-5-4-6-8-20/h4-8,13-14,16H,9-12,15H2,1-3H3. The number of piperidine rings is 1. The van der Waals surface area contributed by atoms with Gasteiger partial charge in [-0.25, -0.2) is 4.68 Å². The predicted molar refractivity (Wildman–Crippen MR) is 122 cm³/mol. The Morgan fingerprint density at radius 3 is 2.44 bits per heavy atom. The molecule has 1 saturated heterocycles. The van der Waals surface area contributed by atoms with Crippen LogP contribution in [-0.4, -0.2) is 45.1 Å². The first-order chi connectivity index (χ1) is 15.4. The largest absolute Gasteiger partial charge is 0.486 e. The molecule has 32 heavy (non-hydrogen) atoms. The molecule has 6 heteroatoms. The number of carbonyl (C=O) groups is 2. The monoisotopic (exact) mass is 429 g/mol. The Balaban J connectivity index is 1.32. The number of Topliss-reactive ketones (excluding diaryl/α,β-unsaturated/α-hetero) is 1. The van der Waals surface area contributed by atoms with Gasteiger partial charge in [-0.15, -0.1) is 0 Å². The van der Waals surface area contributed by atoms with Crippen molar-refractivity contribution in [3.63, 3.8) is 0 Å². The summed E-state index contributed by atoms with van der Waals surface area (Å²) in [5.74, 6) is 0.798. The molecule has 3 aromatic rings. The molecule has 5 rings (SSSR count). The molecule has 6 nitrogen and oxygen atoms in total. The first-order valence-corrected chi connectivity index (χ1v) is 11.1. The molecule has 0 saturated carbocycles. The van der Waals surface area contributed by atoms with E-state index in [9.17, 15) is 9.59 Å². The van der Waals surface area contributed by atoms with E-state index in [1.54, 1.807) is 10.9 Å². The van der Waals surface area contributed by atoms with Crippen molar-refractivity contribution < 1.29 is 14.3 Å². The Labute approximate surface area is 187 Å². The lowest BCUT2D eigenvalue weighted by Gasteiger charge is -2.44. The summed E-state index contributed by atoms with van der Waals surface area (Å²) in [6, 6.07) is 13.7. The van der Waals surface area contributed by atoms with Crippen LogP contribution in [0.15, 0.2) is 48.7 Å². The average molecular weight is 430 g/mol. The third-order valence-corrected chi connectivity index (χ3v) is 6.91. The fraction of sp³-hybridized carbons (Fsp3) is 0.346. The van der Waals surface area contributed by atoms with Crippen LogP contribution in [0.5, 0.6) is 5.75 Å². The summed E-state index contributed by atoms with van der Waals surface area (Å²) in [5.41, 5.74) is 4.75. The van der Waals surface area contributed by atoms with Gasteiger partial charge in [0.1, 0.15) is 11.4 Å². The normalized spacial score (nSPS) is 17.2. The van der Waals surface area contributed by atoms with Gasteiger partial charge in [0.25, 0.3) is 5.91 Å². The van der Waals surface area contributed by atoms with Crippen LogP contribution in [0, 0.1) is 20.8 Å². The van der Waals surface area contributed by atoms with E-state index in [1.807, 2.05) is 68.1 Å². The van der Waals surface area contributed by atoms with Crippen LogP contribution in [-0.2, 0) is 0 Å². The lowest BCUT2D eigenvalue weighted by atomic mass is 9.81. The zero-order valence-corrected chi connectivity index (χ0v) is 18.7. The highest BCUT2D eigenvalue weighted by Crippen LogP contribution is 2.40. The van der Waals surface area contributed by atoms with Crippen LogP contribution in [0.2, 0.25) is 0 Å². The second-order valence-corrected chi connectivity index (χ2v) is 9.00. The number of rotatable bonds is 2. The first kappa shape index (κ1) is 20.5. The molecule has 0 unspecified atom stereocenters. The number of para-hydroxylation sites is 1. The Hall–Kier alpha value is -3.41. The van der Waals surface area contributed by atoms with Crippen LogP contribution in [0.1, 0.15) is 56.8 Å². The van der Waals surface area contributed by atoms with E-state index in [0.717, 1.165) is 22.5 Å². The van der Waals surface area contributed by atoms with Gasteiger partial charge in [0.05, 0.1) is 35.1 Å². The SMILES string of the molecule is Cc1cc2c(cc1C)C(=O)CC1(CCN(C(=O)c3cnn(-c4ccccc4)c3C)CC1)O2. The average Bonchev–Trinajstić information content (AvgIpc) is 3.17. The van der Waals surface area contributed by atoms with Crippen molar-refractivity contribution in [1.29, 1.82) is 0 Å². The van der Waals surface area contributed by atoms with Gasteiger partial charge < -0.3 is 9.64 Å². The quantitative estimate of drug-likeness (QED) is 0.604. The smallest absolute Gasteiger partial charge is 0.257 e. The summed E-state index contributed by atoms with van der Waals surface area (Å²) in [6.07, 6.45) is 3.30. The van der Waals surface area contributed by atoms with Gasteiger partial charge in [0, 0.05) is 25.9 Å². The molecule has 1 spiro atoms. The Kier molecular flexibility index (Phi) is 4.88. The Bertz CT molecular complexity index is 1200. The molecule has 0 aliphatic carbocycles. The molecule has 1 amide bonds. The highest BCUT2D eigenvalue weighted by Gasteiger charge is 2.44. The van der Waals surface area contributed by atoms with Gasteiger partial charge in [0.2, 0.25) is 0 Å². The number of ether oxygens (including phenoxy) is 1. The minimum Gasteiger partial charge on any atom is -0.486 e. The molecule has 1 aromatic heterocycles. The van der Waals surface area contributed by atoms with Gasteiger partial charge in [-0.05, 0) is 56.2 Å². The maximum absolute atomic E-state index is 13.2. The third kappa shape index (κ3) is 3.40. The number of nitrogens with zero attached hydrogens (tertiary/aromatic N) is 3. The molecule has 1 fully saturated rings. The number of ketones is 1. The summed E-state index contributed by atoms with van der Waals surface area (Å²) in [5, 5.41) is 4.44. The minimum absolute atomic E-state index is 0.0199. The number of likely N-dealkylation sites (tertiary alicyclic amines) is 1. The molecule has 3 heterocycles. The number of aryl methyl sites for hydroxylation is 2. The van der Waals surface area contributed by atoms with Gasteiger partial charge >= 0.3 is 0 Å². The second-order valence-electron chi connectivity index (χ2n) is 9.00. The maximum Gasteiger partial charge on any atom is 0.257 e. The van der Waals surface area contributed by atoms with E-state index in [-0.39, 0.29) is 11.7 Å². The number of fused-ring (bicyclic) bond motifs is 1. The molecule has 0 radical (unpaired) electrons. The summed E-state index contributed by atoms with van der Waals surface area (Å²) < 4.78 is 8.21. The van der Waals surface area contributed by atoms with Crippen molar-refractivity contribution in [2.45, 2.75) is 45.6 Å². The summed E-state index contributed by atoms with van der Waals surface area (Å²) in [7, 11) is 0. The number of aromatic nitrogens is 2. The zero-order chi connectivity index (χ0) is 22.5. The third-order valence-electron chi connectivity index (χ3n) is 6.91. The number of hydrogen-bond acceptors (Lipinski definition) is 4. The van der Waals surface area contributed by atoms with Crippen LogP contribution >= 0.6 is 0 Å². The van der Waals surface area contributed by atoms with E-state index in [1.165, 1.54) is 0 Å². The predicted octanol–water partition coefficient (Wildman–Crippen LogP) is 4.44. The van der Waals surface area contributed by atoms with Crippen molar-refractivity contribution in [1.82, 2.24) is 14.7 Å². The summed E-state index contributed by atoms with van der Waals surface area (Å²) >= 11 is 0. The number of amides is 1. The molecular weight excluding hydrogens is 402 g/mol. The molecule has 2 aliphatic rings. The first-order valence-electron chi connectivity index (χ1n) is 11.1. The second kappa shape index (κ2) is 7.62. The van der Waals surface area contributed by atoms with E-state index in [0.29, 0.717) is 49.2 Å². The molecule has 0 atom stereocenters. The van der Waals surface area contributed by atoms with Crippen LogP contribution in [0.25, 0.3) is 5.69 Å². The van der Waals surface area contributed by atoms with Crippen molar-refractivity contribution in [3.8, 4) is 11.4 Å². The minimum atomic E-state index is -0.522. The highest BCUT2D eigenvalue weighted by molar-refractivity contribution is 6.01. The van der Waals surface area contributed by atoms with Crippen molar-refractivity contribution >= 4 is 11.7 Å². The summed E-state index contributed by atoms with van der Waals surface area (Å²) in [4.78, 5) is 28.0. The van der Waals surface area contributed by atoms with Crippen LogP contribution < -0.4 is 4.74 Å². The topological polar surface area (TPSA) is 64.4 Å². The molecule has 2 aliphatic heterocycles. The molecular formula is C26H27N3O3. The van der Waals surface area contributed by atoms with Gasteiger partial charge in [-0.3, -0.25) is 9.59 Å². The summed E-state index contributed by atoms with van der Waals surface area (Å²) in [6.45, 7) is 7.08. The fourth-order valence-corrected chi connectivity index (χ4v) is 4.76. The van der Waals surface area contributed by atoms with E-state index < -0.39 is 5.60 Å². The van der Waals surface area contributed by atoms with Crippen molar-refractivity contribution in [3.05, 3.63) is 76.6 Å². The lowest BCUT2D eigenvalue weighted by Crippen LogP contribution is -2.52. The van der Waals surface area contributed by atoms with Crippen molar-refractivity contribution in [2.24, 2.45) is 0 Å². The van der Waals surface area contributed by atoms with Crippen molar-refractivity contribution in [2.75, 3.05) is 13.1 Å². The van der Waals surface area contributed by atoms with Crippen LogP contribution in [0.3, 0.4) is 0 Å². The number of benzene rings is 2. The van der Waals surface area contributed by atoms with Crippen LogP contribution in [0.4, 0.5) is 0 Å². The Morgan fingerprint density at radius 1 is 1.03 bits per heavy atom. The molecule has 2 aromatic carbocycles. The number of hydrogen-bond donors (Lipinski definition) is 0. The van der Waals surface area contributed by atoms with Gasteiger partial charge in [-0.2, -0.15) is 5.10 Å². The highest BCUT2D eigenvalue weighted by atomic mass is 16.5. The van der Waals surface area contributed by atoms with E-state index in [2.05, 4.69) is 5.10 Å². The molecule has 164 valence electrons. The fourth-order valence-electron chi connectivity index (χ4n) is 4.76. The van der Waals surface area contributed by atoms with Gasteiger partial charge in [-0.1, -0.05) is 18.2 Å².